The van der Waals surface area contributed by atoms with E-state index in [1.165, 1.54) is 49.9 Å². The van der Waals surface area contributed by atoms with Crippen molar-refractivity contribution in [3.63, 3.8) is 0 Å². The van der Waals surface area contributed by atoms with Crippen LogP contribution in [0.15, 0.2) is 48.5 Å². The Morgan fingerprint density at radius 1 is 0.806 bits per heavy atom. The lowest BCUT2D eigenvalue weighted by atomic mass is 9.76. The summed E-state index contributed by atoms with van der Waals surface area (Å²) in [6, 6.07) is 12.2. The molecule has 0 atom stereocenters. The maximum Gasteiger partial charge on any atom is 0.356 e. The molecule has 4 nitrogen and oxygen atoms in total. The Hall–Kier alpha value is -2.53. The highest BCUT2D eigenvalue weighted by Crippen LogP contribution is 2.47. The lowest BCUT2D eigenvalue weighted by Crippen LogP contribution is -2.15. The molecule has 3 aromatic rings. The van der Waals surface area contributed by atoms with E-state index >= 15 is 8.78 Å². The summed E-state index contributed by atoms with van der Waals surface area (Å²) >= 11 is 0. The SMILES string of the molecule is Cc1cc(P(=O)(O)O)cc(C)c1Oc1ccc(-c2ccc(C3CCC(C4CC4)CC3)c(F)c2)c(F)c1. The molecule has 2 N–H and O–H groups in total. The molecule has 0 aromatic heterocycles. The zero-order valence-corrected chi connectivity index (χ0v) is 21.4. The smallest absolute Gasteiger partial charge is 0.356 e. The maximum atomic E-state index is 15.1. The zero-order chi connectivity index (χ0) is 25.6. The lowest BCUT2D eigenvalue weighted by molar-refractivity contribution is 0.292. The summed E-state index contributed by atoms with van der Waals surface area (Å²) < 4.78 is 47.6. The molecule has 0 unspecified atom stereocenters. The van der Waals surface area contributed by atoms with Crippen molar-refractivity contribution >= 4 is 12.9 Å². The Balaban J connectivity index is 1.32. The minimum absolute atomic E-state index is 0.0900. The summed E-state index contributed by atoms with van der Waals surface area (Å²) in [7, 11) is -4.39. The van der Waals surface area contributed by atoms with Crippen LogP contribution in [0, 0.1) is 37.3 Å². The van der Waals surface area contributed by atoms with E-state index in [4.69, 9.17) is 4.74 Å². The Morgan fingerprint density at radius 3 is 1.94 bits per heavy atom. The monoisotopic (exact) mass is 512 g/mol. The quantitative estimate of drug-likeness (QED) is 0.335. The van der Waals surface area contributed by atoms with Gasteiger partial charge in [-0.3, -0.25) is 4.57 Å². The van der Waals surface area contributed by atoms with Crippen molar-refractivity contribution in [2.24, 2.45) is 11.8 Å². The summed E-state index contributed by atoms with van der Waals surface area (Å²) in [5.41, 5.74) is 2.56. The summed E-state index contributed by atoms with van der Waals surface area (Å²) in [6.07, 6.45) is 7.10. The van der Waals surface area contributed by atoms with Crippen molar-refractivity contribution in [2.45, 2.75) is 58.3 Å². The van der Waals surface area contributed by atoms with Crippen LogP contribution in [0.25, 0.3) is 11.1 Å². The molecule has 3 aromatic carbocycles. The molecule has 0 spiro atoms. The van der Waals surface area contributed by atoms with Gasteiger partial charge in [0, 0.05) is 11.6 Å². The maximum absolute atomic E-state index is 15.1. The minimum Gasteiger partial charge on any atom is -0.457 e. The van der Waals surface area contributed by atoms with Crippen LogP contribution >= 0.6 is 7.60 Å². The predicted molar refractivity (Wildman–Crippen MR) is 137 cm³/mol. The first-order valence-electron chi connectivity index (χ1n) is 12.5. The van der Waals surface area contributed by atoms with Gasteiger partial charge in [0.2, 0.25) is 0 Å². The second kappa shape index (κ2) is 9.74. The lowest BCUT2D eigenvalue weighted by Gasteiger charge is -2.29. The van der Waals surface area contributed by atoms with Crippen LogP contribution in [0.5, 0.6) is 11.5 Å². The van der Waals surface area contributed by atoms with Gasteiger partial charge >= 0.3 is 7.60 Å². The molecule has 7 heteroatoms. The first-order valence-corrected chi connectivity index (χ1v) is 14.2. The standard InChI is InChI=1S/C29H31F2O4P/c1-17-13-24(36(32,33)34)14-18(2)29(17)35-23-10-12-26(28(31)16-23)22-9-11-25(27(30)15-22)21-7-5-20(6-8-21)19-3-4-19/h9-16,19-21H,3-8H2,1-2H3,(H2,32,33,34). The van der Waals surface area contributed by atoms with E-state index < -0.39 is 13.4 Å². The molecule has 36 heavy (non-hydrogen) atoms. The van der Waals surface area contributed by atoms with Crippen molar-refractivity contribution in [1.29, 1.82) is 0 Å². The molecule has 2 aliphatic carbocycles. The van der Waals surface area contributed by atoms with Gasteiger partial charge in [-0.1, -0.05) is 12.1 Å². The topological polar surface area (TPSA) is 66.8 Å². The van der Waals surface area contributed by atoms with E-state index in [2.05, 4.69) is 0 Å². The Kier molecular flexibility index (Phi) is 6.80. The number of ether oxygens (including phenoxy) is 1. The van der Waals surface area contributed by atoms with Gasteiger partial charge in [-0.15, -0.1) is 0 Å². The van der Waals surface area contributed by atoms with Crippen LogP contribution < -0.4 is 10.0 Å². The number of halogens is 2. The van der Waals surface area contributed by atoms with Gasteiger partial charge in [0.1, 0.15) is 23.1 Å². The normalized spacial score (nSPS) is 20.4. The first kappa shape index (κ1) is 25.1. The highest BCUT2D eigenvalue weighted by molar-refractivity contribution is 7.60. The molecule has 2 aliphatic rings. The van der Waals surface area contributed by atoms with E-state index in [1.807, 2.05) is 6.07 Å². The summed E-state index contributed by atoms with van der Waals surface area (Å²) in [5.74, 6) is 1.79. The van der Waals surface area contributed by atoms with Crippen molar-refractivity contribution in [1.82, 2.24) is 0 Å². The molecule has 0 saturated heterocycles. The molecule has 2 saturated carbocycles. The van der Waals surface area contributed by atoms with Gasteiger partial charge in [-0.25, -0.2) is 8.78 Å². The van der Waals surface area contributed by atoms with Crippen LogP contribution in [0.4, 0.5) is 8.78 Å². The van der Waals surface area contributed by atoms with E-state index in [9.17, 15) is 14.4 Å². The first-order chi connectivity index (χ1) is 17.1. The number of hydrogen-bond donors (Lipinski definition) is 2. The van der Waals surface area contributed by atoms with Gasteiger partial charge in [-0.2, -0.15) is 0 Å². The zero-order valence-electron chi connectivity index (χ0n) is 20.5. The van der Waals surface area contributed by atoms with Crippen LogP contribution in [-0.4, -0.2) is 9.79 Å². The molecule has 0 heterocycles. The Morgan fingerprint density at radius 2 is 1.42 bits per heavy atom. The van der Waals surface area contributed by atoms with Crippen molar-refractivity contribution in [2.75, 3.05) is 0 Å². The van der Waals surface area contributed by atoms with Gasteiger partial charge in [0.25, 0.3) is 0 Å². The third-order valence-electron chi connectivity index (χ3n) is 7.75. The fourth-order valence-electron chi connectivity index (χ4n) is 5.66. The number of rotatable bonds is 6. The molecule has 0 aliphatic heterocycles. The third kappa shape index (κ3) is 5.27. The van der Waals surface area contributed by atoms with Crippen LogP contribution in [-0.2, 0) is 4.57 Å². The fourth-order valence-corrected chi connectivity index (χ4v) is 6.39. The second-order valence-corrected chi connectivity index (χ2v) is 12.0. The largest absolute Gasteiger partial charge is 0.457 e. The van der Waals surface area contributed by atoms with Gasteiger partial charge in [0.05, 0.1) is 5.30 Å². The number of benzene rings is 3. The molecule has 0 radical (unpaired) electrons. The second-order valence-electron chi connectivity index (χ2n) is 10.4. The van der Waals surface area contributed by atoms with E-state index in [0.717, 1.165) is 30.2 Å². The van der Waals surface area contributed by atoms with E-state index in [1.54, 1.807) is 32.0 Å². The Bertz CT molecular complexity index is 1310. The van der Waals surface area contributed by atoms with Gasteiger partial charge < -0.3 is 14.5 Å². The highest BCUT2D eigenvalue weighted by Gasteiger charge is 2.34. The predicted octanol–water partition coefficient (Wildman–Crippen LogP) is 7.53. The third-order valence-corrected chi connectivity index (χ3v) is 8.68. The molecule has 0 bridgehead atoms. The summed E-state index contributed by atoms with van der Waals surface area (Å²) in [6.45, 7) is 3.35. The fraction of sp³-hybridized carbons (Fsp3) is 0.379. The molecule has 2 fully saturated rings. The van der Waals surface area contributed by atoms with Crippen LogP contribution in [0.1, 0.15) is 61.1 Å². The highest BCUT2D eigenvalue weighted by atomic mass is 31.2. The summed E-state index contributed by atoms with van der Waals surface area (Å²) in [4.78, 5) is 18.9. The van der Waals surface area contributed by atoms with Crippen molar-refractivity contribution in [3.05, 3.63) is 76.9 Å². The van der Waals surface area contributed by atoms with Gasteiger partial charge in [0.15, 0.2) is 0 Å². The molecular formula is C29H31F2O4P. The average molecular weight is 513 g/mol. The Labute approximate surface area is 210 Å². The molecule has 5 rings (SSSR count). The number of hydrogen-bond acceptors (Lipinski definition) is 2. The molecular weight excluding hydrogens is 481 g/mol. The van der Waals surface area contributed by atoms with E-state index in [0.29, 0.717) is 22.4 Å². The van der Waals surface area contributed by atoms with Crippen molar-refractivity contribution in [3.8, 4) is 22.6 Å². The molecule has 190 valence electrons. The van der Waals surface area contributed by atoms with Gasteiger partial charge in [-0.05, 0) is 123 Å². The molecule has 0 amide bonds. The van der Waals surface area contributed by atoms with Crippen molar-refractivity contribution < 1.29 is 27.9 Å². The minimum atomic E-state index is -4.39. The summed E-state index contributed by atoms with van der Waals surface area (Å²) in [5, 5.41) is -0.0900. The van der Waals surface area contributed by atoms with Crippen LogP contribution in [0.2, 0.25) is 0 Å². The average Bonchev–Trinajstić information content (AvgIpc) is 3.66. The van der Waals surface area contributed by atoms with E-state index in [-0.39, 0.29) is 28.4 Å². The number of aryl methyl sites for hydroxylation is 2. The van der Waals surface area contributed by atoms with Crippen LogP contribution in [0.3, 0.4) is 0 Å².